The average Bonchev–Trinajstić information content (AvgIpc) is 3.43. The molecule has 0 N–H and O–H groups in total. The van der Waals surface area contributed by atoms with Crippen LogP contribution in [0.5, 0.6) is 0 Å². The van der Waals surface area contributed by atoms with Gasteiger partial charge in [0.25, 0.3) is 0 Å². The minimum absolute atomic E-state index is 0. The molecule has 0 aliphatic heterocycles. The fourth-order valence-electron chi connectivity index (χ4n) is 8.53. The molecule has 0 aliphatic carbocycles. The Morgan fingerprint density at radius 2 is 0.535 bits per heavy atom. The van der Waals surface area contributed by atoms with Gasteiger partial charge >= 0.3 is 19.5 Å². The van der Waals surface area contributed by atoms with Crippen molar-refractivity contribution in [2.75, 3.05) is 0 Å². The Hall–Kier alpha value is -9.18. The maximum Gasteiger partial charge on any atom is 2.00 e. The Kier molecular flexibility index (Phi) is 14.1. The molecule has 0 fully saturated rings. The van der Waals surface area contributed by atoms with Crippen molar-refractivity contribution in [3.05, 3.63) is 242 Å². The Morgan fingerprint density at radius 3 is 0.775 bits per heavy atom. The summed E-state index contributed by atoms with van der Waals surface area (Å²) in [4.78, 5) is 47.9. The van der Waals surface area contributed by atoms with E-state index in [4.69, 9.17) is 0 Å². The molecule has 11 heteroatoms. The topological polar surface area (TPSA) is 158 Å². The van der Waals surface area contributed by atoms with Crippen LogP contribution in [0.2, 0.25) is 0 Å². The van der Waals surface area contributed by atoms with Gasteiger partial charge in [0, 0.05) is 69.9 Å². The van der Waals surface area contributed by atoms with Crippen LogP contribution in [0.1, 0.15) is 20.7 Å². The van der Waals surface area contributed by atoms with Crippen molar-refractivity contribution in [3.63, 3.8) is 0 Å². The zero-order valence-corrected chi connectivity index (χ0v) is 39.3. The van der Waals surface area contributed by atoms with Gasteiger partial charge in [-0.05, 0) is 93.0 Å². The van der Waals surface area contributed by atoms with Crippen LogP contribution in [0, 0.1) is 0 Å². The zero-order chi connectivity index (χ0) is 47.8. The predicted molar refractivity (Wildman–Crippen MR) is 272 cm³/mol. The molecule has 340 valence electrons. The SMILES string of the molecule is O=C([O-])c1ccnc(-c2cc(C(=O)[O-])ccn2)c1.[Ru+2].c1ccc(-c2ccnc3c2ccc2c(-c4ccccc4)ccnc23)cc1.c1ccc(-c2ccnc3c2ccc2c(-c4ccccc4)ccnc23)cc1. The van der Waals surface area contributed by atoms with Crippen LogP contribution in [-0.2, 0) is 19.5 Å². The molecule has 0 saturated heterocycles. The van der Waals surface area contributed by atoms with Gasteiger partial charge in [-0.2, -0.15) is 0 Å². The standard InChI is InChI=1S/2C24H16N2.C12H8N2O4.Ru/c2*1-3-7-17(8-4-1)19-13-15-25-23-21(19)11-12-22-20(14-16-26-24(22)23)18-9-5-2-6-10-18;15-11(16)7-1-3-13-9(5-7)10-6-8(12(17)18)2-4-14-10;/h2*1-16H;1-6H,(H,15,16)(H,17,18);/q;;;+2/p-2. The van der Waals surface area contributed by atoms with E-state index in [0.717, 1.165) is 43.6 Å². The van der Waals surface area contributed by atoms with Crippen LogP contribution in [0.4, 0.5) is 0 Å². The third-order valence-electron chi connectivity index (χ3n) is 11.8. The minimum Gasteiger partial charge on any atom is -0.545 e. The van der Waals surface area contributed by atoms with Crippen molar-refractivity contribution in [1.29, 1.82) is 0 Å². The van der Waals surface area contributed by atoms with Crippen molar-refractivity contribution in [3.8, 4) is 55.9 Å². The first-order valence-corrected chi connectivity index (χ1v) is 22.3. The number of carboxylic acids is 2. The molecular formula is C60H38N6O4Ru. The summed E-state index contributed by atoms with van der Waals surface area (Å²) in [5, 5.41) is 25.9. The normalized spacial score (nSPS) is 10.6. The van der Waals surface area contributed by atoms with E-state index in [0.29, 0.717) is 0 Å². The number of carbonyl (C=O) groups is 2. The van der Waals surface area contributed by atoms with Gasteiger partial charge in [-0.1, -0.05) is 146 Å². The molecule has 6 aromatic heterocycles. The molecule has 0 saturated carbocycles. The number of aromatic nitrogens is 6. The van der Waals surface area contributed by atoms with E-state index >= 15 is 0 Å². The first-order valence-electron chi connectivity index (χ1n) is 22.3. The third-order valence-corrected chi connectivity index (χ3v) is 11.8. The van der Waals surface area contributed by atoms with Gasteiger partial charge in [-0.15, -0.1) is 0 Å². The van der Waals surface area contributed by atoms with Gasteiger partial charge < -0.3 is 19.8 Å². The molecule has 0 spiro atoms. The summed E-state index contributed by atoms with van der Waals surface area (Å²) in [6.07, 6.45) is 10.1. The monoisotopic (exact) mass is 1010 g/mol. The minimum atomic E-state index is -1.34. The van der Waals surface area contributed by atoms with Gasteiger partial charge in [0.1, 0.15) is 0 Å². The second kappa shape index (κ2) is 21.4. The van der Waals surface area contributed by atoms with Crippen LogP contribution in [0.15, 0.2) is 231 Å². The van der Waals surface area contributed by atoms with Gasteiger partial charge in [0.05, 0.1) is 45.4 Å². The summed E-state index contributed by atoms with van der Waals surface area (Å²) < 4.78 is 0. The van der Waals surface area contributed by atoms with Crippen LogP contribution in [-0.4, -0.2) is 41.8 Å². The third kappa shape index (κ3) is 10.0. The van der Waals surface area contributed by atoms with Gasteiger partial charge in [0.15, 0.2) is 0 Å². The zero-order valence-electron chi connectivity index (χ0n) is 37.6. The van der Waals surface area contributed by atoms with Crippen molar-refractivity contribution in [1.82, 2.24) is 29.9 Å². The molecule has 12 rings (SSSR count). The smallest absolute Gasteiger partial charge is 0.545 e. The van der Waals surface area contributed by atoms with E-state index in [1.165, 1.54) is 81.2 Å². The van der Waals surface area contributed by atoms with E-state index < -0.39 is 11.9 Å². The largest absolute Gasteiger partial charge is 2.00 e. The Morgan fingerprint density at radius 1 is 0.296 bits per heavy atom. The fraction of sp³-hybridized carbons (Fsp3) is 0. The van der Waals surface area contributed by atoms with E-state index in [9.17, 15) is 19.8 Å². The van der Waals surface area contributed by atoms with Crippen molar-refractivity contribution in [2.45, 2.75) is 0 Å². The number of aromatic carboxylic acids is 2. The van der Waals surface area contributed by atoms with E-state index in [2.05, 4.69) is 175 Å². The van der Waals surface area contributed by atoms with Crippen molar-refractivity contribution < 1.29 is 39.3 Å². The van der Waals surface area contributed by atoms with Crippen LogP contribution in [0.3, 0.4) is 0 Å². The molecular weight excluding hydrogens is 970 g/mol. The first-order chi connectivity index (χ1) is 34.4. The van der Waals surface area contributed by atoms with E-state index in [1.54, 1.807) is 0 Å². The number of benzene rings is 6. The Balaban J connectivity index is 0.000000134. The molecule has 0 aliphatic rings. The maximum absolute atomic E-state index is 10.7. The molecule has 6 heterocycles. The fourth-order valence-corrected chi connectivity index (χ4v) is 8.53. The summed E-state index contributed by atoms with van der Waals surface area (Å²) in [6, 6.07) is 63.8. The van der Waals surface area contributed by atoms with Crippen LogP contribution in [0.25, 0.3) is 99.5 Å². The molecule has 0 atom stereocenters. The molecule has 12 aromatic rings. The van der Waals surface area contributed by atoms with Crippen LogP contribution >= 0.6 is 0 Å². The molecule has 0 unspecified atom stereocenters. The number of nitrogens with zero attached hydrogens (tertiary/aromatic N) is 6. The first kappa shape index (κ1) is 46.9. The van der Waals surface area contributed by atoms with Gasteiger partial charge in [-0.25, -0.2) is 0 Å². The van der Waals surface area contributed by atoms with Crippen LogP contribution < -0.4 is 10.2 Å². The molecule has 71 heavy (non-hydrogen) atoms. The van der Waals surface area contributed by atoms with Gasteiger partial charge in [0.2, 0.25) is 0 Å². The maximum atomic E-state index is 10.7. The molecule has 10 nitrogen and oxygen atoms in total. The molecule has 0 radical (unpaired) electrons. The molecule has 6 aromatic carbocycles. The van der Waals surface area contributed by atoms with Gasteiger partial charge in [-0.3, -0.25) is 29.9 Å². The van der Waals surface area contributed by atoms with E-state index in [-0.39, 0.29) is 42.0 Å². The number of carboxylic acid groups (broad SMARTS) is 2. The second-order valence-electron chi connectivity index (χ2n) is 16.0. The number of pyridine rings is 6. The Labute approximate surface area is 420 Å². The quantitative estimate of drug-likeness (QED) is 0.111. The summed E-state index contributed by atoms with van der Waals surface area (Å²) >= 11 is 0. The summed E-state index contributed by atoms with van der Waals surface area (Å²) in [7, 11) is 0. The number of hydrogen-bond acceptors (Lipinski definition) is 10. The second-order valence-corrected chi connectivity index (χ2v) is 16.0. The summed E-state index contributed by atoms with van der Waals surface area (Å²) in [6.45, 7) is 0. The number of fused-ring (bicyclic) bond motifs is 6. The Bertz CT molecular complexity index is 3400. The summed E-state index contributed by atoms with van der Waals surface area (Å²) in [5.74, 6) is -2.68. The number of carbonyl (C=O) groups excluding carboxylic acids is 2. The average molecular weight is 1010 g/mol. The predicted octanol–water partition coefficient (Wildman–Crippen LogP) is 11.1. The molecule has 0 amide bonds. The van der Waals surface area contributed by atoms with Crippen molar-refractivity contribution >= 4 is 55.6 Å². The number of hydrogen-bond donors (Lipinski definition) is 0. The van der Waals surface area contributed by atoms with Crippen molar-refractivity contribution in [2.24, 2.45) is 0 Å². The molecule has 0 bridgehead atoms. The summed E-state index contributed by atoms with van der Waals surface area (Å²) in [5.41, 5.74) is 13.7. The van der Waals surface area contributed by atoms with E-state index in [1.807, 2.05) is 49.1 Å². The number of rotatable bonds is 7.